The summed E-state index contributed by atoms with van der Waals surface area (Å²) in [6.07, 6.45) is 1.86. The molecule has 5 rings (SSSR count). The molecule has 170 valence electrons. The van der Waals surface area contributed by atoms with E-state index < -0.39 is 0 Å². The van der Waals surface area contributed by atoms with Crippen molar-refractivity contribution >= 4 is 22.4 Å². The van der Waals surface area contributed by atoms with E-state index in [1.54, 1.807) is 0 Å². The third kappa shape index (κ3) is 4.63. The van der Waals surface area contributed by atoms with Crippen molar-refractivity contribution in [1.82, 2.24) is 14.6 Å². The number of nitrogens with zero attached hydrogens (tertiary/aromatic N) is 3. The van der Waals surface area contributed by atoms with Crippen molar-refractivity contribution < 1.29 is 4.74 Å². The summed E-state index contributed by atoms with van der Waals surface area (Å²) in [5.74, 6) is 1.35. The molecular formula is C28H25N3O2S. The molecule has 3 aromatic carbocycles. The van der Waals surface area contributed by atoms with Crippen molar-refractivity contribution in [3.63, 3.8) is 0 Å². The monoisotopic (exact) mass is 467 g/mol. The third-order valence-electron chi connectivity index (χ3n) is 5.62. The summed E-state index contributed by atoms with van der Waals surface area (Å²) < 4.78 is 7.83. The number of fused-ring (bicyclic) bond motifs is 1. The SMILES string of the molecule is CC(C)(C)c1ccc(-c2nc3s/c(=C/c4ccc(OCc5ccccc5)cc4)c(=O)n3n2)cc1. The van der Waals surface area contributed by atoms with E-state index in [9.17, 15) is 4.79 Å². The molecule has 34 heavy (non-hydrogen) atoms. The second-order valence-electron chi connectivity index (χ2n) is 9.22. The van der Waals surface area contributed by atoms with Crippen LogP contribution in [0.3, 0.4) is 0 Å². The Kier molecular flexibility index (Phi) is 5.75. The maximum Gasteiger partial charge on any atom is 0.291 e. The molecule has 0 spiro atoms. The van der Waals surface area contributed by atoms with Crippen LogP contribution in [0.15, 0.2) is 83.7 Å². The highest BCUT2D eigenvalue weighted by atomic mass is 32.1. The lowest BCUT2D eigenvalue weighted by Gasteiger charge is -2.18. The fourth-order valence-corrected chi connectivity index (χ4v) is 4.54. The number of aromatic nitrogens is 3. The molecule has 6 heteroatoms. The summed E-state index contributed by atoms with van der Waals surface area (Å²) in [4.78, 5) is 18.1. The first kappa shape index (κ1) is 22.0. The Labute approximate surface area is 202 Å². The van der Waals surface area contributed by atoms with E-state index in [1.807, 2.05) is 72.8 Å². The van der Waals surface area contributed by atoms with Crippen LogP contribution in [0.25, 0.3) is 22.4 Å². The minimum Gasteiger partial charge on any atom is -0.489 e. The van der Waals surface area contributed by atoms with Crippen molar-refractivity contribution in [1.29, 1.82) is 0 Å². The summed E-state index contributed by atoms with van der Waals surface area (Å²) in [5, 5.41) is 4.47. The summed E-state index contributed by atoms with van der Waals surface area (Å²) in [6.45, 7) is 7.06. The highest BCUT2D eigenvalue weighted by Gasteiger charge is 2.15. The standard InChI is InChI=1S/C28H25N3O2S/c1-28(2,3)22-13-11-21(12-14-22)25-29-27-31(30-25)26(32)24(34-27)17-19-9-15-23(16-10-19)33-18-20-7-5-4-6-8-20/h4-17H,18H2,1-3H3/b24-17+. The third-order valence-corrected chi connectivity index (χ3v) is 6.58. The van der Waals surface area contributed by atoms with E-state index in [4.69, 9.17) is 4.74 Å². The molecule has 5 nitrogen and oxygen atoms in total. The molecule has 0 aliphatic rings. The predicted octanol–water partition coefficient (Wildman–Crippen LogP) is 5.24. The van der Waals surface area contributed by atoms with Gasteiger partial charge in [0.15, 0.2) is 5.82 Å². The normalized spacial score (nSPS) is 12.4. The van der Waals surface area contributed by atoms with Gasteiger partial charge in [0, 0.05) is 5.56 Å². The molecule has 0 fully saturated rings. The Balaban J connectivity index is 1.35. The maximum absolute atomic E-state index is 12.9. The average Bonchev–Trinajstić information content (AvgIpc) is 3.38. The van der Waals surface area contributed by atoms with Gasteiger partial charge in [-0.25, -0.2) is 0 Å². The lowest BCUT2D eigenvalue weighted by Crippen LogP contribution is -2.23. The van der Waals surface area contributed by atoms with Gasteiger partial charge in [-0.1, -0.05) is 98.8 Å². The Morgan fingerprint density at radius 3 is 2.29 bits per heavy atom. The molecule has 0 atom stereocenters. The van der Waals surface area contributed by atoms with E-state index in [1.165, 1.54) is 21.4 Å². The van der Waals surface area contributed by atoms with Crippen LogP contribution < -0.4 is 14.8 Å². The highest BCUT2D eigenvalue weighted by Crippen LogP contribution is 2.25. The maximum atomic E-state index is 12.9. The molecule has 0 aliphatic carbocycles. The first-order valence-corrected chi connectivity index (χ1v) is 12.0. The number of ether oxygens (including phenoxy) is 1. The number of hydrogen-bond donors (Lipinski definition) is 0. The fraction of sp³-hybridized carbons (Fsp3) is 0.179. The second kappa shape index (κ2) is 8.88. The molecule has 0 radical (unpaired) electrons. The minimum absolute atomic E-state index is 0.0830. The molecule has 0 saturated heterocycles. The van der Waals surface area contributed by atoms with E-state index in [0.717, 1.165) is 22.4 Å². The van der Waals surface area contributed by atoms with Crippen LogP contribution >= 0.6 is 11.3 Å². The van der Waals surface area contributed by atoms with Crippen LogP contribution in [0.5, 0.6) is 5.75 Å². The largest absolute Gasteiger partial charge is 0.489 e. The fourth-order valence-electron chi connectivity index (χ4n) is 3.63. The van der Waals surface area contributed by atoms with Gasteiger partial charge in [-0.05, 0) is 40.3 Å². The van der Waals surface area contributed by atoms with Crippen LogP contribution in [-0.2, 0) is 12.0 Å². The van der Waals surface area contributed by atoms with Gasteiger partial charge in [-0.2, -0.15) is 9.50 Å². The van der Waals surface area contributed by atoms with Crippen LogP contribution in [0, 0.1) is 0 Å². The van der Waals surface area contributed by atoms with Crippen molar-refractivity contribution in [2.45, 2.75) is 32.8 Å². The van der Waals surface area contributed by atoms with Crippen LogP contribution in [0.4, 0.5) is 0 Å². The predicted molar refractivity (Wildman–Crippen MR) is 137 cm³/mol. The zero-order valence-electron chi connectivity index (χ0n) is 19.4. The molecule has 5 aromatic rings. The number of hydrogen-bond acceptors (Lipinski definition) is 5. The molecular weight excluding hydrogens is 442 g/mol. The zero-order valence-corrected chi connectivity index (χ0v) is 20.2. The first-order valence-electron chi connectivity index (χ1n) is 11.2. The lowest BCUT2D eigenvalue weighted by atomic mass is 9.87. The molecule has 2 aromatic heterocycles. The first-order chi connectivity index (χ1) is 16.4. The molecule has 2 heterocycles. The number of rotatable bonds is 5. The second-order valence-corrected chi connectivity index (χ2v) is 10.2. The smallest absolute Gasteiger partial charge is 0.291 e. The van der Waals surface area contributed by atoms with Gasteiger partial charge >= 0.3 is 0 Å². The summed E-state index contributed by atoms with van der Waals surface area (Å²) in [6, 6.07) is 26.0. The van der Waals surface area contributed by atoms with Crippen LogP contribution in [-0.4, -0.2) is 14.6 Å². The average molecular weight is 468 g/mol. The van der Waals surface area contributed by atoms with Gasteiger partial charge in [-0.3, -0.25) is 4.79 Å². The number of thiazole rings is 1. The van der Waals surface area contributed by atoms with E-state index in [2.05, 4.69) is 43.0 Å². The van der Waals surface area contributed by atoms with Gasteiger partial charge in [0.25, 0.3) is 5.56 Å². The van der Waals surface area contributed by atoms with Gasteiger partial charge < -0.3 is 4.74 Å². The molecule has 0 bridgehead atoms. The Morgan fingerprint density at radius 1 is 0.941 bits per heavy atom. The molecule has 0 saturated carbocycles. The molecule has 0 unspecified atom stereocenters. The molecule has 0 aliphatic heterocycles. The van der Waals surface area contributed by atoms with Crippen molar-refractivity contribution in [2.24, 2.45) is 0 Å². The Morgan fingerprint density at radius 2 is 1.65 bits per heavy atom. The zero-order chi connectivity index (χ0) is 23.7. The van der Waals surface area contributed by atoms with E-state index in [-0.39, 0.29) is 11.0 Å². The van der Waals surface area contributed by atoms with Gasteiger partial charge in [-0.15, -0.1) is 5.10 Å². The van der Waals surface area contributed by atoms with Crippen molar-refractivity contribution in [3.8, 4) is 17.1 Å². The highest BCUT2D eigenvalue weighted by molar-refractivity contribution is 7.15. The number of benzene rings is 3. The quantitative estimate of drug-likeness (QED) is 0.355. The van der Waals surface area contributed by atoms with Crippen LogP contribution in [0.1, 0.15) is 37.5 Å². The Bertz CT molecular complexity index is 1530. The van der Waals surface area contributed by atoms with Gasteiger partial charge in [0.05, 0.1) is 4.53 Å². The molecule has 0 N–H and O–H groups in total. The summed E-state index contributed by atoms with van der Waals surface area (Å²) >= 11 is 1.34. The Hall–Kier alpha value is -3.77. The van der Waals surface area contributed by atoms with Crippen molar-refractivity contribution in [3.05, 3.63) is 110 Å². The van der Waals surface area contributed by atoms with Gasteiger partial charge in [0.2, 0.25) is 4.96 Å². The molecule has 0 amide bonds. The topological polar surface area (TPSA) is 56.5 Å². The summed E-state index contributed by atoms with van der Waals surface area (Å²) in [7, 11) is 0. The van der Waals surface area contributed by atoms with Crippen molar-refractivity contribution in [2.75, 3.05) is 0 Å². The van der Waals surface area contributed by atoms with Crippen LogP contribution in [0.2, 0.25) is 0 Å². The lowest BCUT2D eigenvalue weighted by molar-refractivity contribution is 0.306. The van der Waals surface area contributed by atoms with E-state index in [0.29, 0.717) is 21.9 Å². The summed E-state index contributed by atoms with van der Waals surface area (Å²) in [5.41, 5.74) is 4.11. The minimum atomic E-state index is -0.158. The van der Waals surface area contributed by atoms with E-state index >= 15 is 0 Å². The van der Waals surface area contributed by atoms with Gasteiger partial charge in [0.1, 0.15) is 12.4 Å².